The topological polar surface area (TPSA) is 44.8 Å². The highest BCUT2D eigenvalue weighted by atomic mass is 16.7. The number of hydrazine groups is 1. The molecule has 2 aliphatic heterocycles. The zero-order chi connectivity index (χ0) is 19.6. The molecule has 1 aromatic carbocycles. The maximum absolute atomic E-state index is 12.9. The SMILES string of the molecule is C=C(C(=O)ON1CCCCC1)C1(CC)NN(C)c2cc(CC(C)C)ccc21. The molecule has 3 rings (SSSR count). The van der Waals surface area contributed by atoms with Gasteiger partial charge in [-0.25, -0.2) is 10.2 Å². The van der Waals surface area contributed by atoms with Crippen LogP contribution in [0.4, 0.5) is 5.69 Å². The van der Waals surface area contributed by atoms with Crippen molar-refractivity contribution in [3.8, 4) is 0 Å². The largest absolute Gasteiger partial charge is 0.364 e. The molecule has 1 N–H and O–H groups in total. The lowest BCUT2D eigenvalue weighted by Crippen LogP contribution is -2.48. The third-order valence-electron chi connectivity index (χ3n) is 5.70. The second-order valence-corrected chi connectivity index (χ2v) is 8.23. The maximum atomic E-state index is 12.9. The number of hydrogen-bond donors (Lipinski definition) is 1. The van der Waals surface area contributed by atoms with E-state index < -0.39 is 5.54 Å². The normalized spacial score (nSPS) is 22.8. The van der Waals surface area contributed by atoms with Crippen LogP contribution in [0.25, 0.3) is 0 Å². The highest BCUT2D eigenvalue weighted by Crippen LogP contribution is 2.44. The minimum Gasteiger partial charge on any atom is -0.364 e. The van der Waals surface area contributed by atoms with E-state index in [-0.39, 0.29) is 5.97 Å². The summed E-state index contributed by atoms with van der Waals surface area (Å²) in [4.78, 5) is 18.5. The van der Waals surface area contributed by atoms with Gasteiger partial charge in [-0.2, -0.15) is 0 Å². The van der Waals surface area contributed by atoms with E-state index in [2.05, 4.69) is 51.0 Å². The molecule has 5 heteroatoms. The highest BCUT2D eigenvalue weighted by Gasteiger charge is 2.45. The minimum atomic E-state index is -0.618. The van der Waals surface area contributed by atoms with E-state index in [4.69, 9.17) is 4.84 Å². The van der Waals surface area contributed by atoms with Crippen molar-refractivity contribution < 1.29 is 9.63 Å². The number of carbonyl (C=O) groups is 1. The molecule has 0 saturated carbocycles. The fourth-order valence-corrected chi connectivity index (χ4v) is 4.24. The average Bonchev–Trinajstić information content (AvgIpc) is 2.94. The Bertz CT molecular complexity index is 710. The van der Waals surface area contributed by atoms with Gasteiger partial charge in [0.05, 0.1) is 16.8 Å². The number of anilines is 1. The lowest BCUT2D eigenvalue weighted by molar-refractivity contribution is -0.190. The minimum absolute atomic E-state index is 0.334. The first-order chi connectivity index (χ1) is 12.9. The van der Waals surface area contributed by atoms with Crippen LogP contribution in [0.15, 0.2) is 30.4 Å². The Kier molecular flexibility index (Phi) is 5.92. The molecular weight excluding hydrogens is 338 g/mol. The Balaban J connectivity index is 1.85. The van der Waals surface area contributed by atoms with Crippen molar-refractivity contribution in [2.75, 3.05) is 25.1 Å². The summed E-state index contributed by atoms with van der Waals surface area (Å²) in [5.41, 5.74) is 6.87. The van der Waals surface area contributed by atoms with E-state index in [0.717, 1.165) is 50.0 Å². The Morgan fingerprint density at radius 2 is 2.00 bits per heavy atom. The Morgan fingerprint density at radius 1 is 1.30 bits per heavy atom. The second kappa shape index (κ2) is 8.03. The van der Waals surface area contributed by atoms with E-state index in [1.807, 2.05) is 12.1 Å². The van der Waals surface area contributed by atoms with Gasteiger partial charge in [0.15, 0.2) is 0 Å². The Morgan fingerprint density at radius 3 is 2.63 bits per heavy atom. The molecule has 0 spiro atoms. The van der Waals surface area contributed by atoms with Crippen LogP contribution in [0, 0.1) is 5.92 Å². The van der Waals surface area contributed by atoms with Gasteiger partial charge in [-0.3, -0.25) is 0 Å². The number of nitrogens with one attached hydrogen (secondary N) is 1. The molecular formula is C22H33N3O2. The van der Waals surface area contributed by atoms with Gasteiger partial charge in [-0.15, -0.1) is 5.06 Å². The van der Waals surface area contributed by atoms with Crippen molar-refractivity contribution in [3.63, 3.8) is 0 Å². The maximum Gasteiger partial charge on any atom is 0.354 e. The van der Waals surface area contributed by atoms with Crippen LogP contribution in [-0.2, 0) is 21.6 Å². The summed E-state index contributed by atoms with van der Waals surface area (Å²) in [6.45, 7) is 12.3. The van der Waals surface area contributed by atoms with Crippen molar-refractivity contribution in [2.24, 2.45) is 5.92 Å². The molecule has 0 radical (unpaired) electrons. The van der Waals surface area contributed by atoms with E-state index >= 15 is 0 Å². The van der Waals surface area contributed by atoms with Crippen LogP contribution in [0.1, 0.15) is 57.6 Å². The van der Waals surface area contributed by atoms with Gasteiger partial charge < -0.3 is 9.85 Å². The average molecular weight is 372 g/mol. The number of benzene rings is 1. The zero-order valence-corrected chi connectivity index (χ0v) is 17.2. The summed E-state index contributed by atoms with van der Waals surface area (Å²) in [7, 11) is 2.00. The first kappa shape index (κ1) is 19.9. The predicted molar refractivity (Wildman–Crippen MR) is 109 cm³/mol. The molecule has 0 amide bonds. The number of hydrogen-bond acceptors (Lipinski definition) is 5. The summed E-state index contributed by atoms with van der Waals surface area (Å²) >= 11 is 0. The number of carbonyl (C=O) groups excluding carboxylic acids is 1. The fraction of sp³-hybridized carbons (Fsp3) is 0.591. The van der Waals surface area contributed by atoms with Crippen molar-refractivity contribution in [2.45, 2.75) is 58.4 Å². The van der Waals surface area contributed by atoms with E-state index in [1.165, 1.54) is 12.0 Å². The molecule has 1 saturated heterocycles. The smallest absolute Gasteiger partial charge is 0.354 e. The first-order valence-electron chi connectivity index (χ1n) is 10.2. The highest BCUT2D eigenvalue weighted by molar-refractivity contribution is 5.92. The lowest BCUT2D eigenvalue weighted by atomic mass is 9.81. The molecule has 1 fully saturated rings. The molecule has 1 aromatic rings. The molecule has 1 unspecified atom stereocenters. The van der Waals surface area contributed by atoms with Crippen LogP contribution in [0.2, 0.25) is 0 Å². The van der Waals surface area contributed by atoms with E-state index in [0.29, 0.717) is 11.5 Å². The van der Waals surface area contributed by atoms with Gasteiger partial charge in [0.2, 0.25) is 0 Å². The number of piperidine rings is 1. The molecule has 148 valence electrons. The number of hydroxylamine groups is 2. The van der Waals surface area contributed by atoms with Gasteiger partial charge in [-0.05, 0) is 43.2 Å². The molecule has 2 aliphatic rings. The molecule has 0 bridgehead atoms. The van der Waals surface area contributed by atoms with Gasteiger partial charge in [0, 0.05) is 25.7 Å². The van der Waals surface area contributed by atoms with Crippen LogP contribution < -0.4 is 10.4 Å². The van der Waals surface area contributed by atoms with Crippen LogP contribution in [-0.4, -0.2) is 31.2 Å². The van der Waals surface area contributed by atoms with Crippen LogP contribution in [0.5, 0.6) is 0 Å². The predicted octanol–water partition coefficient (Wildman–Crippen LogP) is 3.95. The van der Waals surface area contributed by atoms with Crippen molar-refractivity contribution in [1.82, 2.24) is 10.5 Å². The summed E-state index contributed by atoms with van der Waals surface area (Å²) in [6, 6.07) is 6.54. The summed E-state index contributed by atoms with van der Waals surface area (Å²) in [6.07, 6.45) is 5.11. The van der Waals surface area contributed by atoms with E-state index in [9.17, 15) is 4.79 Å². The fourth-order valence-electron chi connectivity index (χ4n) is 4.24. The second-order valence-electron chi connectivity index (χ2n) is 8.23. The van der Waals surface area contributed by atoms with Gasteiger partial charge >= 0.3 is 5.97 Å². The molecule has 0 aromatic heterocycles. The number of fused-ring (bicyclic) bond motifs is 1. The van der Waals surface area contributed by atoms with Crippen LogP contribution in [0.3, 0.4) is 0 Å². The number of rotatable bonds is 6. The van der Waals surface area contributed by atoms with Gasteiger partial charge in [0.1, 0.15) is 0 Å². The summed E-state index contributed by atoms with van der Waals surface area (Å²) < 4.78 is 0. The Labute approximate surface area is 163 Å². The molecule has 5 nitrogen and oxygen atoms in total. The first-order valence-corrected chi connectivity index (χ1v) is 10.2. The zero-order valence-electron chi connectivity index (χ0n) is 17.2. The third-order valence-corrected chi connectivity index (χ3v) is 5.70. The van der Waals surface area contributed by atoms with Crippen molar-refractivity contribution >= 4 is 11.7 Å². The van der Waals surface area contributed by atoms with Crippen LogP contribution >= 0.6 is 0 Å². The number of nitrogens with zero attached hydrogens (tertiary/aromatic N) is 2. The molecule has 2 heterocycles. The molecule has 0 aliphatic carbocycles. The quantitative estimate of drug-likeness (QED) is 0.767. The molecule has 27 heavy (non-hydrogen) atoms. The van der Waals surface area contributed by atoms with Crippen molar-refractivity contribution in [3.05, 3.63) is 41.5 Å². The Hall–Kier alpha value is -1.85. The van der Waals surface area contributed by atoms with Gasteiger partial charge in [0.25, 0.3) is 0 Å². The lowest BCUT2D eigenvalue weighted by Gasteiger charge is -2.32. The summed E-state index contributed by atoms with van der Waals surface area (Å²) in [5, 5.41) is 3.80. The standard InChI is InChI=1S/C22H33N3O2/c1-6-22(17(4)21(26)27-25-12-8-7-9-13-25)19-11-10-18(14-16(2)3)15-20(19)24(5)23-22/h10-11,15-16,23H,4,6-9,12-14H2,1-3,5H3. The monoisotopic (exact) mass is 371 g/mol. The third kappa shape index (κ3) is 3.90. The van der Waals surface area contributed by atoms with Gasteiger partial charge in [-0.1, -0.05) is 45.9 Å². The summed E-state index contributed by atoms with van der Waals surface area (Å²) in [5.74, 6) is 0.270. The molecule has 1 atom stereocenters. The van der Waals surface area contributed by atoms with Crippen molar-refractivity contribution in [1.29, 1.82) is 0 Å². The van der Waals surface area contributed by atoms with E-state index in [1.54, 1.807) is 5.06 Å².